The second-order valence-corrected chi connectivity index (χ2v) is 7.51. The van der Waals surface area contributed by atoms with E-state index in [1.807, 2.05) is 4.68 Å². The van der Waals surface area contributed by atoms with Crippen molar-refractivity contribution in [1.29, 1.82) is 0 Å². The first kappa shape index (κ1) is 15.7. The van der Waals surface area contributed by atoms with Crippen LogP contribution in [0.1, 0.15) is 74.3 Å². The van der Waals surface area contributed by atoms with Crippen LogP contribution in [0.25, 0.3) is 0 Å². The Hall–Kier alpha value is -1.85. The smallest absolute Gasteiger partial charge is 0.326 e. The molecule has 3 fully saturated rings. The maximum Gasteiger partial charge on any atom is 0.326 e. The fraction of sp³-hybridized carbons (Fsp3) is 0.722. The van der Waals surface area contributed by atoms with E-state index in [2.05, 4.69) is 5.10 Å². The molecule has 3 aliphatic rings. The Bertz CT molecular complexity index is 635. The number of carbonyl (C=O) groups is 2. The van der Waals surface area contributed by atoms with Crippen LogP contribution in [0.4, 0.5) is 0 Å². The van der Waals surface area contributed by atoms with Crippen LogP contribution in [-0.2, 0) is 4.79 Å². The Labute approximate surface area is 141 Å². The van der Waals surface area contributed by atoms with Crippen molar-refractivity contribution in [1.82, 2.24) is 14.7 Å². The van der Waals surface area contributed by atoms with Gasteiger partial charge in [-0.25, -0.2) is 4.79 Å². The molecular weight excluding hydrogens is 306 g/mol. The van der Waals surface area contributed by atoms with Gasteiger partial charge in [-0.2, -0.15) is 5.10 Å². The molecule has 2 heterocycles. The van der Waals surface area contributed by atoms with Crippen molar-refractivity contribution in [3.8, 4) is 0 Å². The van der Waals surface area contributed by atoms with Crippen LogP contribution in [-0.4, -0.2) is 43.7 Å². The van der Waals surface area contributed by atoms with Gasteiger partial charge in [0.25, 0.3) is 5.91 Å². The Kier molecular flexibility index (Phi) is 4.06. The highest BCUT2D eigenvalue weighted by Crippen LogP contribution is 2.41. The van der Waals surface area contributed by atoms with Gasteiger partial charge in [0.05, 0.1) is 6.04 Å². The van der Waals surface area contributed by atoms with Gasteiger partial charge in [0.2, 0.25) is 0 Å². The first-order valence-corrected chi connectivity index (χ1v) is 9.26. The van der Waals surface area contributed by atoms with Crippen LogP contribution in [0.5, 0.6) is 0 Å². The zero-order valence-electron chi connectivity index (χ0n) is 13.9. The maximum absolute atomic E-state index is 13.3. The lowest BCUT2D eigenvalue weighted by Crippen LogP contribution is -2.47. The monoisotopic (exact) mass is 331 g/mol. The highest BCUT2D eigenvalue weighted by Gasteiger charge is 2.48. The Morgan fingerprint density at radius 1 is 1.08 bits per heavy atom. The SMILES string of the molecule is O=C(O)C1CC2CCCCC2N1C(=O)c1ccnn1C1CCCC1. The molecule has 1 aliphatic heterocycles. The third-order valence-electron chi connectivity index (χ3n) is 6.17. The summed E-state index contributed by atoms with van der Waals surface area (Å²) in [5.74, 6) is -0.669. The first-order chi connectivity index (χ1) is 11.7. The van der Waals surface area contributed by atoms with Crippen LogP contribution >= 0.6 is 0 Å². The van der Waals surface area contributed by atoms with Crippen molar-refractivity contribution >= 4 is 11.9 Å². The minimum atomic E-state index is -0.871. The van der Waals surface area contributed by atoms with E-state index in [1.54, 1.807) is 17.2 Å². The molecule has 1 N–H and O–H groups in total. The fourth-order valence-corrected chi connectivity index (χ4v) is 5.03. The third-order valence-corrected chi connectivity index (χ3v) is 6.17. The number of carboxylic acids is 1. The van der Waals surface area contributed by atoms with Gasteiger partial charge >= 0.3 is 5.97 Å². The molecule has 3 unspecified atom stereocenters. The number of amides is 1. The van der Waals surface area contributed by atoms with Gasteiger partial charge in [-0.05, 0) is 44.1 Å². The zero-order chi connectivity index (χ0) is 16.7. The molecular formula is C18H25N3O3. The lowest BCUT2D eigenvalue weighted by Gasteiger charge is -2.33. The van der Waals surface area contributed by atoms with E-state index in [-0.39, 0.29) is 18.0 Å². The van der Waals surface area contributed by atoms with Gasteiger partial charge in [-0.3, -0.25) is 9.48 Å². The molecule has 2 aliphatic carbocycles. The van der Waals surface area contributed by atoms with E-state index in [4.69, 9.17) is 0 Å². The van der Waals surface area contributed by atoms with Gasteiger partial charge < -0.3 is 10.0 Å². The van der Waals surface area contributed by atoms with E-state index in [9.17, 15) is 14.7 Å². The first-order valence-electron chi connectivity index (χ1n) is 9.26. The summed E-state index contributed by atoms with van der Waals surface area (Å²) in [5.41, 5.74) is 0.569. The molecule has 3 atom stereocenters. The lowest BCUT2D eigenvalue weighted by molar-refractivity contribution is -0.141. The molecule has 0 spiro atoms. The molecule has 0 aromatic carbocycles. The fourth-order valence-electron chi connectivity index (χ4n) is 5.03. The second kappa shape index (κ2) is 6.22. The molecule has 1 saturated heterocycles. The standard InChI is InChI=1S/C18H25N3O3/c22-17(15-9-10-19-21(15)13-6-2-3-7-13)20-14-8-4-1-5-12(14)11-16(20)18(23)24/h9-10,12-14,16H,1-8,11H2,(H,23,24). The van der Waals surface area contributed by atoms with E-state index >= 15 is 0 Å². The number of nitrogens with zero attached hydrogens (tertiary/aromatic N) is 3. The maximum atomic E-state index is 13.3. The average molecular weight is 331 g/mol. The molecule has 2 saturated carbocycles. The molecule has 130 valence electrons. The molecule has 0 radical (unpaired) electrons. The zero-order valence-corrected chi connectivity index (χ0v) is 13.9. The Balaban J connectivity index is 1.64. The third kappa shape index (κ3) is 2.52. The van der Waals surface area contributed by atoms with Gasteiger partial charge in [-0.1, -0.05) is 25.7 Å². The number of aliphatic carboxylic acids is 1. The molecule has 4 rings (SSSR count). The number of rotatable bonds is 3. The molecule has 24 heavy (non-hydrogen) atoms. The number of aromatic nitrogens is 2. The number of carboxylic acid groups (broad SMARTS) is 1. The van der Waals surface area contributed by atoms with Crippen molar-refractivity contribution < 1.29 is 14.7 Å². The van der Waals surface area contributed by atoms with Gasteiger partial charge in [0, 0.05) is 12.2 Å². The summed E-state index contributed by atoms with van der Waals surface area (Å²) in [7, 11) is 0. The van der Waals surface area contributed by atoms with Gasteiger partial charge in [0.1, 0.15) is 11.7 Å². The highest BCUT2D eigenvalue weighted by molar-refractivity contribution is 5.96. The summed E-state index contributed by atoms with van der Waals surface area (Å²) < 4.78 is 1.85. The Morgan fingerprint density at radius 2 is 1.79 bits per heavy atom. The molecule has 1 amide bonds. The molecule has 0 bridgehead atoms. The van der Waals surface area contributed by atoms with Crippen LogP contribution < -0.4 is 0 Å². The van der Waals surface area contributed by atoms with Crippen LogP contribution in [0.2, 0.25) is 0 Å². The second-order valence-electron chi connectivity index (χ2n) is 7.51. The lowest BCUT2D eigenvalue weighted by atomic mass is 9.84. The number of likely N-dealkylation sites (tertiary alicyclic amines) is 1. The average Bonchev–Trinajstić information content (AvgIpc) is 3.31. The quantitative estimate of drug-likeness (QED) is 0.924. The van der Waals surface area contributed by atoms with Gasteiger partial charge in [-0.15, -0.1) is 0 Å². The summed E-state index contributed by atoms with van der Waals surface area (Å²) >= 11 is 0. The van der Waals surface area contributed by atoms with Crippen molar-refractivity contribution in [3.63, 3.8) is 0 Å². The normalized spacial score (nSPS) is 30.5. The largest absolute Gasteiger partial charge is 0.480 e. The van der Waals surface area contributed by atoms with Crippen molar-refractivity contribution in [2.75, 3.05) is 0 Å². The molecule has 6 nitrogen and oxygen atoms in total. The summed E-state index contributed by atoms with van der Waals surface area (Å²) in [6.07, 6.45) is 10.9. The van der Waals surface area contributed by atoms with E-state index in [0.29, 0.717) is 18.0 Å². The Morgan fingerprint density at radius 3 is 2.54 bits per heavy atom. The van der Waals surface area contributed by atoms with E-state index < -0.39 is 12.0 Å². The number of carbonyl (C=O) groups excluding carboxylic acids is 1. The topological polar surface area (TPSA) is 75.4 Å². The van der Waals surface area contributed by atoms with Gasteiger partial charge in [0.15, 0.2) is 0 Å². The molecule has 1 aromatic heterocycles. The number of hydrogen-bond donors (Lipinski definition) is 1. The number of hydrogen-bond acceptors (Lipinski definition) is 3. The van der Waals surface area contributed by atoms with Crippen molar-refractivity contribution in [3.05, 3.63) is 18.0 Å². The van der Waals surface area contributed by atoms with E-state index in [1.165, 1.54) is 12.8 Å². The summed E-state index contributed by atoms with van der Waals surface area (Å²) in [6, 6.07) is 1.44. The molecule has 6 heteroatoms. The molecule has 1 aromatic rings. The minimum absolute atomic E-state index is 0.0827. The minimum Gasteiger partial charge on any atom is -0.480 e. The van der Waals surface area contributed by atoms with Crippen molar-refractivity contribution in [2.24, 2.45) is 5.92 Å². The van der Waals surface area contributed by atoms with E-state index in [0.717, 1.165) is 38.5 Å². The predicted molar refractivity (Wildman–Crippen MR) is 87.7 cm³/mol. The van der Waals surface area contributed by atoms with Crippen LogP contribution in [0.15, 0.2) is 12.3 Å². The summed E-state index contributed by atoms with van der Waals surface area (Å²) in [5, 5.41) is 14.0. The van der Waals surface area contributed by atoms with Crippen LogP contribution in [0, 0.1) is 5.92 Å². The van der Waals surface area contributed by atoms with Crippen molar-refractivity contribution in [2.45, 2.75) is 75.9 Å². The van der Waals surface area contributed by atoms with Crippen LogP contribution in [0.3, 0.4) is 0 Å². The highest BCUT2D eigenvalue weighted by atomic mass is 16.4. The summed E-state index contributed by atoms with van der Waals surface area (Å²) in [6.45, 7) is 0. The predicted octanol–water partition coefficient (Wildman–Crippen LogP) is 2.86. The summed E-state index contributed by atoms with van der Waals surface area (Å²) in [4.78, 5) is 26.7. The number of fused-ring (bicyclic) bond motifs is 1.